The molecule has 1 aromatic carbocycles. The van der Waals surface area contributed by atoms with Crippen molar-refractivity contribution < 1.29 is 14.1 Å². The predicted molar refractivity (Wildman–Crippen MR) is 125 cm³/mol. The van der Waals surface area contributed by atoms with Gasteiger partial charge in [0.2, 0.25) is 17.7 Å². The lowest BCUT2D eigenvalue weighted by molar-refractivity contribution is 0.261. The van der Waals surface area contributed by atoms with Gasteiger partial charge in [0.1, 0.15) is 5.75 Å². The molecule has 0 bridgehead atoms. The SMILES string of the molecule is CNc1nccc(-c2cccnc2Oc2ccc(NC(=O)Nc3onc(C)c3C)cc2C)n1. The molecule has 0 aliphatic heterocycles. The van der Waals surface area contributed by atoms with E-state index in [1.54, 1.807) is 50.6 Å². The number of anilines is 3. The Bertz CT molecular complexity index is 1300. The molecule has 10 nitrogen and oxygen atoms in total. The van der Waals surface area contributed by atoms with E-state index in [2.05, 4.69) is 36.1 Å². The van der Waals surface area contributed by atoms with E-state index in [0.29, 0.717) is 34.8 Å². The number of hydrogen-bond donors (Lipinski definition) is 3. The number of carbonyl (C=O) groups excluding carboxylic acids is 1. The minimum Gasteiger partial charge on any atom is -0.438 e. The summed E-state index contributed by atoms with van der Waals surface area (Å²) in [6.07, 6.45) is 3.32. The molecule has 0 saturated carbocycles. The molecule has 4 aromatic rings. The third-order valence-electron chi connectivity index (χ3n) is 4.95. The van der Waals surface area contributed by atoms with Crippen molar-refractivity contribution >= 4 is 23.6 Å². The zero-order chi connectivity index (χ0) is 23.4. The lowest BCUT2D eigenvalue weighted by atomic mass is 10.2. The van der Waals surface area contributed by atoms with Gasteiger partial charge in [-0.05, 0) is 62.7 Å². The van der Waals surface area contributed by atoms with Gasteiger partial charge in [0.05, 0.1) is 17.0 Å². The molecule has 0 atom stereocenters. The van der Waals surface area contributed by atoms with Crippen LogP contribution >= 0.6 is 0 Å². The Kier molecular flexibility index (Phi) is 6.16. The van der Waals surface area contributed by atoms with Crippen molar-refractivity contribution in [2.24, 2.45) is 0 Å². The number of rotatable bonds is 6. The average molecular weight is 445 g/mol. The highest BCUT2D eigenvalue weighted by Crippen LogP contribution is 2.33. The quantitative estimate of drug-likeness (QED) is 0.381. The normalized spacial score (nSPS) is 10.5. The zero-order valence-corrected chi connectivity index (χ0v) is 18.6. The number of carbonyl (C=O) groups is 1. The van der Waals surface area contributed by atoms with Gasteiger partial charge in [-0.25, -0.2) is 19.7 Å². The Hall–Kier alpha value is -4.47. The Balaban J connectivity index is 1.50. The first-order valence-electron chi connectivity index (χ1n) is 10.2. The summed E-state index contributed by atoms with van der Waals surface area (Å²) in [5, 5.41) is 12.2. The monoisotopic (exact) mass is 445 g/mol. The lowest BCUT2D eigenvalue weighted by Crippen LogP contribution is -2.19. The predicted octanol–water partition coefficient (Wildman–Crippen LogP) is 4.93. The minimum atomic E-state index is -0.432. The molecule has 0 aliphatic rings. The van der Waals surface area contributed by atoms with Crippen LogP contribution < -0.4 is 20.7 Å². The fourth-order valence-corrected chi connectivity index (χ4v) is 3.04. The maximum absolute atomic E-state index is 12.3. The second-order valence-corrected chi connectivity index (χ2v) is 7.26. The van der Waals surface area contributed by atoms with Crippen molar-refractivity contribution in [3.63, 3.8) is 0 Å². The molecular formula is C23H23N7O3. The molecule has 3 heterocycles. The first kappa shape index (κ1) is 21.8. The molecular weight excluding hydrogens is 422 g/mol. The fraction of sp³-hybridized carbons (Fsp3) is 0.174. The number of hydrogen-bond acceptors (Lipinski definition) is 8. The molecule has 3 N–H and O–H groups in total. The number of nitrogens with one attached hydrogen (secondary N) is 3. The topological polar surface area (TPSA) is 127 Å². The summed E-state index contributed by atoms with van der Waals surface area (Å²) in [5.41, 5.74) is 4.33. The van der Waals surface area contributed by atoms with Gasteiger partial charge in [-0.3, -0.25) is 5.32 Å². The summed E-state index contributed by atoms with van der Waals surface area (Å²) in [4.78, 5) is 25.3. The minimum absolute atomic E-state index is 0.315. The summed E-state index contributed by atoms with van der Waals surface area (Å²) in [6, 6.07) is 10.4. The van der Waals surface area contributed by atoms with Crippen LogP contribution in [-0.4, -0.2) is 33.2 Å². The number of amides is 2. The Labute approximate surface area is 190 Å². The van der Waals surface area contributed by atoms with Crippen LogP contribution in [0.15, 0.2) is 53.3 Å². The van der Waals surface area contributed by atoms with Crippen LogP contribution in [0, 0.1) is 20.8 Å². The second-order valence-electron chi connectivity index (χ2n) is 7.26. The number of aromatic nitrogens is 4. The molecule has 0 unspecified atom stereocenters. The highest BCUT2D eigenvalue weighted by Gasteiger charge is 2.14. The fourth-order valence-electron chi connectivity index (χ4n) is 3.04. The number of nitrogens with zero attached hydrogens (tertiary/aromatic N) is 4. The third kappa shape index (κ3) is 4.90. The number of benzene rings is 1. The van der Waals surface area contributed by atoms with Crippen molar-refractivity contribution in [2.75, 3.05) is 23.0 Å². The van der Waals surface area contributed by atoms with Crippen LogP contribution in [0.25, 0.3) is 11.3 Å². The van der Waals surface area contributed by atoms with Crippen LogP contribution in [0.2, 0.25) is 0 Å². The van der Waals surface area contributed by atoms with Gasteiger partial charge in [-0.1, -0.05) is 5.16 Å². The Morgan fingerprint density at radius 3 is 2.61 bits per heavy atom. The maximum Gasteiger partial charge on any atom is 0.326 e. The molecule has 0 radical (unpaired) electrons. The molecule has 4 rings (SSSR count). The molecule has 10 heteroatoms. The number of pyridine rings is 1. The van der Waals surface area contributed by atoms with E-state index in [9.17, 15) is 4.79 Å². The van der Waals surface area contributed by atoms with E-state index in [1.165, 1.54) is 0 Å². The standard InChI is InChI=1S/C23H23N7O3/c1-13-12-16(27-23(31)29-20-14(2)15(3)30-33-20)7-8-19(13)32-21-17(6-5-10-25-21)18-9-11-26-22(24-4)28-18/h5-12H,1-4H3,(H,24,26,28)(H2,27,29,31). The molecule has 0 aliphatic carbocycles. The van der Waals surface area contributed by atoms with E-state index in [1.807, 2.05) is 26.0 Å². The van der Waals surface area contributed by atoms with E-state index >= 15 is 0 Å². The van der Waals surface area contributed by atoms with Crippen molar-refractivity contribution in [1.82, 2.24) is 20.1 Å². The Morgan fingerprint density at radius 2 is 1.88 bits per heavy atom. The highest BCUT2D eigenvalue weighted by atomic mass is 16.5. The van der Waals surface area contributed by atoms with Crippen molar-refractivity contribution in [3.8, 4) is 22.9 Å². The average Bonchev–Trinajstić information content (AvgIpc) is 3.13. The summed E-state index contributed by atoms with van der Waals surface area (Å²) in [6.45, 7) is 5.51. The van der Waals surface area contributed by atoms with Gasteiger partial charge in [-0.2, -0.15) is 0 Å². The first-order valence-corrected chi connectivity index (χ1v) is 10.2. The largest absolute Gasteiger partial charge is 0.438 e. The summed E-state index contributed by atoms with van der Waals surface area (Å²) in [7, 11) is 1.76. The molecule has 0 fully saturated rings. The van der Waals surface area contributed by atoms with Gasteiger partial charge >= 0.3 is 6.03 Å². The van der Waals surface area contributed by atoms with E-state index in [-0.39, 0.29) is 0 Å². The summed E-state index contributed by atoms with van der Waals surface area (Å²) >= 11 is 0. The molecule has 3 aromatic heterocycles. The van der Waals surface area contributed by atoms with Crippen LogP contribution in [-0.2, 0) is 0 Å². The number of aryl methyl sites for hydroxylation is 2. The lowest BCUT2D eigenvalue weighted by Gasteiger charge is -2.13. The van der Waals surface area contributed by atoms with Crippen LogP contribution in [0.4, 0.5) is 22.3 Å². The molecule has 168 valence electrons. The Morgan fingerprint density at radius 1 is 1.03 bits per heavy atom. The molecule has 2 amide bonds. The molecule has 33 heavy (non-hydrogen) atoms. The van der Waals surface area contributed by atoms with Crippen LogP contribution in [0.5, 0.6) is 11.6 Å². The number of ether oxygens (including phenoxy) is 1. The van der Waals surface area contributed by atoms with Gasteiger partial charge < -0.3 is 19.9 Å². The van der Waals surface area contributed by atoms with E-state index in [4.69, 9.17) is 9.26 Å². The van der Waals surface area contributed by atoms with Gasteiger partial charge in [0.15, 0.2) is 0 Å². The van der Waals surface area contributed by atoms with Gasteiger partial charge in [0.25, 0.3) is 0 Å². The van der Waals surface area contributed by atoms with Gasteiger partial charge in [0, 0.05) is 30.7 Å². The van der Waals surface area contributed by atoms with Gasteiger partial charge in [-0.15, -0.1) is 0 Å². The third-order valence-corrected chi connectivity index (χ3v) is 4.95. The van der Waals surface area contributed by atoms with E-state index in [0.717, 1.165) is 22.4 Å². The summed E-state index contributed by atoms with van der Waals surface area (Å²) < 4.78 is 11.2. The number of urea groups is 1. The smallest absolute Gasteiger partial charge is 0.326 e. The van der Waals surface area contributed by atoms with Crippen LogP contribution in [0.3, 0.4) is 0 Å². The molecule has 0 saturated heterocycles. The summed E-state index contributed by atoms with van der Waals surface area (Å²) in [5.74, 6) is 1.83. The maximum atomic E-state index is 12.3. The van der Waals surface area contributed by atoms with E-state index < -0.39 is 6.03 Å². The van der Waals surface area contributed by atoms with Crippen LogP contribution in [0.1, 0.15) is 16.8 Å². The van der Waals surface area contributed by atoms with Crippen molar-refractivity contribution in [3.05, 3.63) is 65.6 Å². The zero-order valence-electron chi connectivity index (χ0n) is 18.6. The first-order chi connectivity index (χ1) is 15.9. The van der Waals surface area contributed by atoms with Crippen molar-refractivity contribution in [1.29, 1.82) is 0 Å². The second kappa shape index (κ2) is 9.35. The van der Waals surface area contributed by atoms with Crippen molar-refractivity contribution in [2.45, 2.75) is 20.8 Å². The molecule has 0 spiro atoms. The highest BCUT2D eigenvalue weighted by molar-refractivity contribution is 5.99.